The van der Waals surface area contributed by atoms with Gasteiger partial charge in [0.2, 0.25) is 0 Å². The number of carboxylic acids is 1. The number of hydrogen-bond acceptors (Lipinski definition) is 1. The normalized spacial score (nSPS) is 19.4. The number of halogens is 1. The van der Waals surface area contributed by atoms with Gasteiger partial charge in [-0.3, -0.25) is 4.79 Å². The molecule has 0 heterocycles. The Bertz CT molecular complexity index is 417. The number of hydrogen-bond donors (Lipinski definition) is 1. The number of rotatable bonds is 3. The highest BCUT2D eigenvalue weighted by Crippen LogP contribution is 2.37. The molecule has 0 amide bonds. The van der Waals surface area contributed by atoms with Crippen LogP contribution >= 0.6 is 0 Å². The van der Waals surface area contributed by atoms with Crippen molar-refractivity contribution >= 4 is 5.97 Å². The lowest BCUT2D eigenvalue weighted by Crippen LogP contribution is -2.34. The van der Waals surface area contributed by atoms with Gasteiger partial charge in [-0.05, 0) is 37.0 Å². The molecule has 0 saturated heterocycles. The van der Waals surface area contributed by atoms with Gasteiger partial charge in [-0.1, -0.05) is 44.2 Å². The number of aliphatic carboxylic acids is 1. The Balaban J connectivity index is 2.17. The Hall–Kier alpha value is -1.38. The van der Waals surface area contributed by atoms with E-state index in [0.717, 1.165) is 44.1 Å². The van der Waals surface area contributed by atoms with Crippen molar-refractivity contribution in [1.82, 2.24) is 0 Å². The Kier molecular flexibility index (Phi) is 4.56. The van der Waals surface area contributed by atoms with Gasteiger partial charge < -0.3 is 5.11 Å². The summed E-state index contributed by atoms with van der Waals surface area (Å²) in [4.78, 5) is 11.7. The summed E-state index contributed by atoms with van der Waals surface area (Å²) in [6.07, 6.45) is 7.41. The first kappa shape index (κ1) is 14.0. The summed E-state index contributed by atoms with van der Waals surface area (Å²) >= 11 is 0. The molecule has 0 radical (unpaired) electrons. The Morgan fingerprint density at radius 3 is 2.11 bits per heavy atom. The lowest BCUT2D eigenvalue weighted by Gasteiger charge is -2.31. The van der Waals surface area contributed by atoms with Crippen LogP contribution in [0.3, 0.4) is 0 Å². The van der Waals surface area contributed by atoms with E-state index in [1.165, 1.54) is 18.6 Å². The number of benzene rings is 1. The summed E-state index contributed by atoms with van der Waals surface area (Å²) < 4.78 is 12.9. The fourth-order valence-corrected chi connectivity index (χ4v) is 3.04. The van der Waals surface area contributed by atoms with Crippen molar-refractivity contribution < 1.29 is 14.3 Å². The maximum Gasteiger partial charge on any atom is 0.309 e. The van der Waals surface area contributed by atoms with Crippen LogP contribution in [0.2, 0.25) is 0 Å². The van der Waals surface area contributed by atoms with Crippen molar-refractivity contribution in [3.8, 4) is 0 Å². The third-order valence-corrected chi connectivity index (χ3v) is 4.22. The van der Waals surface area contributed by atoms with Crippen molar-refractivity contribution in [3.63, 3.8) is 0 Å². The number of carboxylic acid groups (broad SMARTS) is 1. The predicted octanol–water partition coefficient (Wildman–Crippen LogP) is 4.18. The van der Waals surface area contributed by atoms with Gasteiger partial charge in [0, 0.05) is 0 Å². The molecule has 2 rings (SSSR count). The van der Waals surface area contributed by atoms with Crippen LogP contribution in [0, 0.1) is 11.2 Å². The first-order valence-corrected chi connectivity index (χ1v) is 7.10. The topological polar surface area (TPSA) is 37.3 Å². The van der Waals surface area contributed by atoms with Gasteiger partial charge in [0.15, 0.2) is 0 Å². The van der Waals surface area contributed by atoms with Crippen LogP contribution in [0.25, 0.3) is 0 Å². The van der Waals surface area contributed by atoms with Gasteiger partial charge in [-0.15, -0.1) is 0 Å². The van der Waals surface area contributed by atoms with Crippen LogP contribution in [-0.4, -0.2) is 11.1 Å². The monoisotopic (exact) mass is 264 g/mol. The SMILES string of the molecule is O=C(O)C1(Cc2ccc(F)cc2)CCCCCCC1. The van der Waals surface area contributed by atoms with E-state index in [1.807, 2.05) is 0 Å². The molecule has 1 aliphatic rings. The zero-order chi connectivity index (χ0) is 13.7. The molecule has 1 aromatic rings. The first-order chi connectivity index (χ1) is 9.12. The maximum atomic E-state index is 12.9. The lowest BCUT2D eigenvalue weighted by atomic mass is 9.72. The molecular weight excluding hydrogens is 243 g/mol. The highest BCUT2D eigenvalue weighted by molar-refractivity contribution is 5.75. The lowest BCUT2D eigenvalue weighted by molar-refractivity contribution is -0.150. The van der Waals surface area contributed by atoms with Crippen LogP contribution in [0.4, 0.5) is 4.39 Å². The van der Waals surface area contributed by atoms with Gasteiger partial charge in [0.05, 0.1) is 5.41 Å². The predicted molar refractivity (Wildman–Crippen MR) is 72.5 cm³/mol. The van der Waals surface area contributed by atoms with Crippen molar-refractivity contribution in [1.29, 1.82) is 0 Å². The van der Waals surface area contributed by atoms with Gasteiger partial charge in [0.25, 0.3) is 0 Å². The van der Waals surface area contributed by atoms with E-state index >= 15 is 0 Å². The molecule has 104 valence electrons. The van der Waals surface area contributed by atoms with E-state index < -0.39 is 11.4 Å². The molecule has 0 atom stereocenters. The van der Waals surface area contributed by atoms with E-state index in [1.54, 1.807) is 12.1 Å². The Morgan fingerprint density at radius 1 is 1.05 bits per heavy atom. The molecule has 0 aliphatic heterocycles. The largest absolute Gasteiger partial charge is 0.481 e. The second-order valence-corrected chi connectivity index (χ2v) is 5.66. The summed E-state index contributed by atoms with van der Waals surface area (Å²) in [7, 11) is 0. The summed E-state index contributed by atoms with van der Waals surface area (Å²) in [5.41, 5.74) is 0.266. The molecule has 1 fully saturated rings. The van der Waals surface area contributed by atoms with Crippen molar-refractivity contribution in [3.05, 3.63) is 35.6 Å². The van der Waals surface area contributed by atoms with E-state index in [0.29, 0.717) is 6.42 Å². The Morgan fingerprint density at radius 2 is 1.58 bits per heavy atom. The van der Waals surface area contributed by atoms with Crippen molar-refractivity contribution in [2.24, 2.45) is 5.41 Å². The molecule has 1 N–H and O–H groups in total. The smallest absolute Gasteiger partial charge is 0.309 e. The molecule has 1 saturated carbocycles. The van der Waals surface area contributed by atoms with Gasteiger partial charge in [0.1, 0.15) is 5.82 Å². The molecule has 2 nitrogen and oxygen atoms in total. The molecule has 1 aliphatic carbocycles. The molecule has 0 bridgehead atoms. The average Bonchev–Trinajstić information content (AvgIpc) is 2.35. The molecular formula is C16H21FO2. The quantitative estimate of drug-likeness (QED) is 0.889. The van der Waals surface area contributed by atoms with Gasteiger partial charge in [-0.2, -0.15) is 0 Å². The highest BCUT2D eigenvalue weighted by Gasteiger charge is 2.38. The van der Waals surface area contributed by atoms with Crippen LogP contribution in [0.15, 0.2) is 24.3 Å². The van der Waals surface area contributed by atoms with Crippen LogP contribution < -0.4 is 0 Å². The van der Waals surface area contributed by atoms with E-state index in [4.69, 9.17) is 0 Å². The van der Waals surface area contributed by atoms with Crippen molar-refractivity contribution in [2.45, 2.75) is 51.4 Å². The summed E-state index contributed by atoms with van der Waals surface area (Å²) in [6.45, 7) is 0. The summed E-state index contributed by atoms with van der Waals surface area (Å²) in [5, 5.41) is 9.65. The van der Waals surface area contributed by atoms with Crippen molar-refractivity contribution in [2.75, 3.05) is 0 Å². The molecule has 3 heteroatoms. The molecule has 0 unspecified atom stereocenters. The second-order valence-electron chi connectivity index (χ2n) is 5.66. The van der Waals surface area contributed by atoms with Crippen LogP contribution in [0.1, 0.15) is 50.5 Å². The third-order valence-electron chi connectivity index (χ3n) is 4.22. The van der Waals surface area contributed by atoms with Crippen LogP contribution in [0.5, 0.6) is 0 Å². The average molecular weight is 264 g/mol. The fraction of sp³-hybridized carbons (Fsp3) is 0.562. The fourth-order valence-electron chi connectivity index (χ4n) is 3.04. The maximum absolute atomic E-state index is 12.9. The first-order valence-electron chi connectivity index (χ1n) is 7.10. The Labute approximate surface area is 113 Å². The zero-order valence-electron chi connectivity index (χ0n) is 11.2. The standard InChI is InChI=1S/C16H21FO2/c17-14-8-6-13(7-9-14)12-16(15(18)19)10-4-2-1-3-5-11-16/h6-9H,1-5,10-12H2,(H,18,19). The minimum Gasteiger partial charge on any atom is -0.481 e. The zero-order valence-corrected chi connectivity index (χ0v) is 11.2. The molecule has 19 heavy (non-hydrogen) atoms. The second kappa shape index (κ2) is 6.18. The molecule has 1 aromatic carbocycles. The van der Waals surface area contributed by atoms with Gasteiger partial charge >= 0.3 is 5.97 Å². The highest BCUT2D eigenvalue weighted by atomic mass is 19.1. The molecule has 0 aromatic heterocycles. The van der Waals surface area contributed by atoms with Gasteiger partial charge in [-0.25, -0.2) is 4.39 Å². The van der Waals surface area contributed by atoms with Crippen LogP contribution in [-0.2, 0) is 11.2 Å². The van der Waals surface area contributed by atoms with E-state index in [-0.39, 0.29) is 5.82 Å². The number of carbonyl (C=O) groups is 1. The van der Waals surface area contributed by atoms with E-state index in [9.17, 15) is 14.3 Å². The minimum absolute atomic E-state index is 0.272. The minimum atomic E-state index is -0.696. The third kappa shape index (κ3) is 3.55. The summed E-state index contributed by atoms with van der Waals surface area (Å²) in [5.74, 6) is -0.968. The molecule has 0 spiro atoms. The summed E-state index contributed by atoms with van der Waals surface area (Å²) in [6, 6.07) is 6.24. The van der Waals surface area contributed by atoms with E-state index in [2.05, 4.69) is 0 Å².